The van der Waals surface area contributed by atoms with E-state index in [4.69, 9.17) is 0 Å². The molecule has 15 heavy (non-hydrogen) atoms. The Morgan fingerprint density at radius 3 is 2.80 bits per heavy atom. The van der Waals surface area contributed by atoms with E-state index in [1.54, 1.807) is 0 Å². The normalized spacial score (nSPS) is 19.3. The third kappa shape index (κ3) is 0.982. The first kappa shape index (κ1) is 8.56. The van der Waals surface area contributed by atoms with Gasteiger partial charge in [-0.2, -0.15) is 0 Å². The van der Waals surface area contributed by atoms with Gasteiger partial charge in [0.15, 0.2) is 0 Å². The van der Waals surface area contributed by atoms with Crippen molar-refractivity contribution in [1.29, 1.82) is 0 Å². The van der Waals surface area contributed by atoms with Crippen LogP contribution in [0.1, 0.15) is 25.0 Å². The van der Waals surface area contributed by atoms with Gasteiger partial charge in [-0.3, -0.25) is 0 Å². The van der Waals surface area contributed by atoms with Crippen LogP contribution in [0.25, 0.3) is 5.57 Å². The molecule has 72 valence electrons. The molecule has 0 amide bonds. The molecule has 0 atom stereocenters. The van der Waals surface area contributed by atoms with Crippen molar-refractivity contribution in [1.82, 2.24) is 0 Å². The van der Waals surface area contributed by atoms with E-state index in [2.05, 4.69) is 55.7 Å². The third-order valence-corrected chi connectivity index (χ3v) is 3.32. The fourth-order valence-electron chi connectivity index (χ4n) is 2.50. The molecule has 0 heteroatoms. The fourth-order valence-corrected chi connectivity index (χ4v) is 2.50. The summed E-state index contributed by atoms with van der Waals surface area (Å²) in [6.07, 6.45) is 4.08. The van der Waals surface area contributed by atoms with Gasteiger partial charge in [-0.1, -0.05) is 49.6 Å². The monoisotopic (exact) mass is 192 g/mol. The van der Waals surface area contributed by atoms with Crippen molar-refractivity contribution in [3.63, 3.8) is 0 Å². The summed E-state index contributed by atoms with van der Waals surface area (Å²) in [6, 6.07) is 8.61. The van der Waals surface area contributed by atoms with Gasteiger partial charge in [-0.15, -0.1) is 0 Å². The molecule has 1 aromatic carbocycles. The first-order valence-corrected chi connectivity index (χ1v) is 5.24. The number of hydrogen-bond acceptors (Lipinski definition) is 0. The molecule has 0 N–H and O–H groups in total. The van der Waals surface area contributed by atoms with Crippen molar-refractivity contribution in [2.45, 2.75) is 19.3 Å². The molecule has 3 rings (SSSR count). The first-order chi connectivity index (χ1) is 7.21. The summed E-state index contributed by atoms with van der Waals surface area (Å²) < 4.78 is 0. The average molecular weight is 192 g/mol. The van der Waals surface area contributed by atoms with Crippen LogP contribution in [0.4, 0.5) is 0 Å². The maximum absolute atomic E-state index is 3.26. The summed E-state index contributed by atoms with van der Waals surface area (Å²) >= 11 is 0. The van der Waals surface area contributed by atoms with E-state index in [9.17, 15) is 0 Å². The Bertz CT molecular complexity index is 570. The number of benzene rings is 1. The molecule has 0 unspecified atom stereocenters. The maximum atomic E-state index is 3.26. The number of fused-ring (bicyclic) bond motifs is 3. The van der Waals surface area contributed by atoms with Crippen molar-refractivity contribution < 1.29 is 0 Å². The average Bonchev–Trinajstić information content (AvgIpc) is 2.51. The molecule has 0 saturated heterocycles. The molecule has 0 saturated carbocycles. The van der Waals surface area contributed by atoms with Gasteiger partial charge in [-0.25, -0.2) is 0 Å². The maximum Gasteiger partial charge on any atom is 0.0238 e. The predicted molar refractivity (Wildman–Crippen MR) is 62.6 cm³/mol. The zero-order valence-corrected chi connectivity index (χ0v) is 8.96. The van der Waals surface area contributed by atoms with Gasteiger partial charge in [-0.05, 0) is 28.9 Å². The standard InChI is InChI=1S/C15H12/c1-15(2)13-9-5-3-7-11(13)12-8-4-6-10-14(12)15/h3-5,7-9H,1-2H3. The lowest BCUT2D eigenvalue weighted by molar-refractivity contribution is 0.662. The van der Waals surface area contributed by atoms with E-state index in [0.717, 1.165) is 0 Å². The lowest BCUT2D eigenvalue weighted by Crippen LogP contribution is -2.14. The minimum absolute atomic E-state index is 0.0731. The van der Waals surface area contributed by atoms with Crippen molar-refractivity contribution in [2.24, 2.45) is 0 Å². The van der Waals surface area contributed by atoms with Crippen LogP contribution in [-0.4, -0.2) is 0 Å². The van der Waals surface area contributed by atoms with E-state index in [1.807, 2.05) is 6.08 Å². The van der Waals surface area contributed by atoms with Gasteiger partial charge in [0, 0.05) is 11.0 Å². The van der Waals surface area contributed by atoms with Crippen molar-refractivity contribution in [3.8, 4) is 0 Å². The second kappa shape index (κ2) is 2.64. The Labute approximate surface area is 89.9 Å². The zero-order valence-electron chi connectivity index (χ0n) is 8.96. The van der Waals surface area contributed by atoms with Crippen LogP contribution < -0.4 is 0 Å². The molecule has 0 fully saturated rings. The molecule has 0 aliphatic heterocycles. The number of rotatable bonds is 0. The van der Waals surface area contributed by atoms with Crippen LogP contribution in [-0.2, 0) is 5.41 Å². The molecule has 2 aliphatic carbocycles. The summed E-state index contributed by atoms with van der Waals surface area (Å²) in [7, 11) is 0. The lowest BCUT2D eigenvalue weighted by Gasteiger charge is -2.19. The highest BCUT2D eigenvalue weighted by atomic mass is 14.4. The van der Waals surface area contributed by atoms with Crippen molar-refractivity contribution >= 4 is 5.57 Å². The molecule has 0 spiro atoms. The highest BCUT2D eigenvalue weighted by molar-refractivity contribution is 5.90. The predicted octanol–water partition coefficient (Wildman–Crippen LogP) is 3.61. The molecule has 0 nitrogen and oxygen atoms in total. The summed E-state index contributed by atoms with van der Waals surface area (Å²) in [5, 5.41) is 0. The Morgan fingerprint density at radius 2 is 1.93 bits per heavy atom. The molecule has 2 aliphatic rings. The van der Waals surface area contributed by atoms with Crippen LogP contribution in [0.5, 0.6) is 0 Å². The molecule has 0 radical (unpaired) electrons. The van der Waals surface area contributed by atoms with Crippen LogP contribution in [0.2, 0.25) is 0 Å². The van der Waals surface area contributed by atoms with Gasteiger partial charge in [0.1, 0.15) is 0 Å². The minimum Gasteiger partial charge on any atom is -0.0699 e. The number of hydrogen-bond donors (Lipinski definition) is 0. The van der Waals surface area contributed by atoms with Crippen LogP contribution >= 0.6 is 0 Å². The van der Waals surface area contributed by atoms with E-state index in [1.165, 1.54) is 22.3 Å². The molecular formula is C15H12. The van der Waals surface area contributed by atoms with Gasteiger partial charge in [0.25, 0.3) is 0 Å². The molecule has 0 aromatic heterocycles. The summed E-state index contributed by atoms with van der Waals surface area (Å²) in [5.41, 5.74) is 11.7. The Kier molecular flexibility index (Phi) is 1.51. The summed E-state index contributed by atoms with van der Waals surface area (Å²) in [6.45, 7) is 4.50. The van der Waals surface area contributed by atoms with Gasteiger partial charge < -0.3 is 0 Å². The van der Waals surface area contributed by atoms with Gasteiger partial charge in [0.2, 0.25) is 0 Å². The van der Waals surface area contributed by atoms with Crippen LogP contribution in [0, 0.1) is 0 Å². The van der Waals surface area contributed by atoms with E-state index >= 15 is 0 Å². The smallest absolute Gasteiger partial charge is 0.0238 e. The Morgan fingerprint density at radius 1 is 1.13 bits per heavy atom. The topological polar surface area (TPSA) is 0 Å². The fraction of sp³-hybridized carbons (Fsp3) is 0.200. The highest BCUT2D eigenvalue weighted by Crippen LogP contribution is 2.49. The molecule has 0 heterocycles. The number of allylic oxidation sites excluding steroid dienone is 4. The zero-order chi connectivity index (χ0) is 10.5. The van der Waals surface area contributed by atoms with Crippen molar-refractivity contribution in [2.75, 3.05) is 0 Å². The Hall–Kier alpha value is -1.74. The molecule has 1 aromatic rings. The Balaban J connectivity index is 2.42. The highest BCUT2D eigenvalue weighted by Gasteiger charge is 2.38. The SMILES string of the molecule is CC1(C)C2=C=C=CC=C2c2ccccc21. The van der Waals surface area contributed by atoms with E-state index in [0.29, 0.717) is 0 Å². The van der Waals surface area contributed by atoms with Crippen molar-refractivity contribution in [3.05, 3.63) is 64.6 Å². The quantitative estimate of drug-likeness (QED) is 0.551. The minimum atomic E-state index is 0.0731. The molecular weight excluding hydrogens is 180 g/mol. The largest absolute Gasteiger partial charge is 0.0699 e. The van der Waals surface area contributed by atoms with Crippen LogP contribution in [0.3, 0.4) is 0 Å². The van der Waals surface area contributed by atoms with Gasteiger partial charge >= 0.3 is 0 Å². The second-order valence-electron chi connectivity index (χ2n) is 4.56. The summed E-state index contributed by atoms with van der Waals surface area (Å²) in [4.78, 5) is 0. The third-order valence-electron chi connectivity index (χ3n) is 3.32. The first-order valence-electron chi connectivity index (χ1n) is 5.24. The van der Waals surface area contributed by atoms with Crippen LogP contribution in [0.15, 0.2) is 53.5 Å². The summed E-state index contributed by atoms with van der Waals surface area (Å²) in [5.74, 6) is 0. The van der Waals surface area contributed by atoms with E-state index in [-0.39, 0.29) is 5.41 Å². The second-order valence-corrected chi connectivity index (χ2v) is 4.56. The van der Waals surface area contributed by atoms with E-state index < -0.39 is 0 Å². The van der Waals surface area contributed by atoms with Gasteiger partial charge in [0.05, 0.1) is 0 Å². The molecule has 0 bridgehead atoms. The lowest BCUT2D eigenvalue weighted by atomic mass is 9.82.